The van der Waals surface area contributed by atoms with Crippen LogP contribution in [0.4, 0.5) is 13.2 Å². The minimum Gasteiger partial charge on any atom is -0.469 e. The average molecular weight is 641 g/mol. The summed E-state index contributed by atoms with van der Waals surface area (Å²) >= 11 is 0. The van der Waals surface area contributed by atoms with Crippen molar-refractivity contribution in [3.63, 3.8) is 0 Å². The van der Waals surface area contributed by atoms with Crippen molar-refractivity contribution in [1.29, 1.82) is 0 Å². The van der Waals surface area contributed by atoms with Gasteiger partial charge in [-0.15, -0.1) is 0 Å². The van der Waals surface area contributed by atoms with E-state index in [1.165, 1.54) is 12.0 Å². The Labute approximate surface area is 253 Å². The third-order valence-electron chi connectivity index (χ3n) is 7.11. The Bertz CT molecular complexity index is 1450. The maximum Gasteiger partial charge on any atom is 0.416 e. The van der Waals surface area contributed by atoms with Gasteiger partial charge in [0, 0.05) is 32.6 Å². The van der Waals surface area contributed by atoms with Gasteiger partial charge in [-0.25, -0.2) is 8.42 Å². The molecule has 2 aromatic carbocycles. The van der Waals surface area contributed by atoms with Crippen LogP contribution >= 0.6 is 0 Å². The summed E-state index contributed by atoms with van der Waals surface area (Å²) < 4.78 is 71.6. The minimum absolute atomic E-state index is 0.0616. The van der Waals surface area contributed by atoms with E-state index in [-0.39, 0.29) is 39.0 Å². The zero-order chi connectivity index (χ0) is 32.7. The molecule has 240 valence electrons. The van der Waals surface area contributed by atoms with Crippen molar-refractivity contribution in [2.45, 2.75) is 56.3 Å². The lowest BCUT2D eigenvalue weighted by Crippen LogP contribution is -2.62. The Hall–Kier alpha value is -3.98. The number of carbonyl (C=O) groups is 4. The molecular formula is C29H35F3N4O7S. The fourth-order valence-electron chi connectivity index (χ4n) is 4.46. The summed E-state index contributed by atoms with van der Waals surface area (Å²) in [4.78, 5) is 50.4. The van der Waals surface area contributed by atoms with E-state index in [0.717, 1.165) is 27.6 Å². The molecule has 0 bridgehead atoms. The number of piperazine rings is 1. The first-order chi connectivity index (χ1) is 20.6. The van der Waals surface area contributed by atoms with Gasteiger partial charge >= 0.3 is 12.1 Å². The third-order valence-corrected chi connectivity index (χ3v) is 9.03. The summed E-state index contributed by atoms with van der Waals surface area (Å²) in [6, 6.07) is 9.00. The summed E-state index contributed by atoms with van der Waals surface area (Å²) in [5.41, 5.74) is 0.810. The Morgan fingerprint density at radius 1 is 0.955 bits per heavy atom. The first-order valence-corrected chi connectivity index (χ1v) is 15.2. The maximum atomic E-state index is 13.5. The molecule has 1 atom stereocenters. The largest absolute Gasteiger partial charge is 0.469 e. The van der Waals surface area contributed by atoms with Crippen LogP contribution in [0.3, 0.4) is 0 Å². The predicted molar refractivity (Wildman–Crippen MR) is 152 cm³/mol. The molecule has 1 aliphatic rings. The molecule has 1 heterocycles. The van der Waals surface area contributed by atoms with Crippen molar-refractivity contribution < 1.29 is 45.5 Å². The van der Waals surface area contributed by atoms with E-state index in [2.05, 4.69) is 15.4 Å². The van der Waals surface area contributed by atoms with Gasteiger partial charge in [-0.05, 0) is 41.3 Å². The van der Waals surface area contributed by atoms with Gasteiger partial charge in [0.2, 0.25) is 27.7 Å². The highest BCUT2D eigenvalue weighted by Gasteiger charge is 2.41. The van der Waals surface area contributed by atoms with E-state index >= 15 is 0 Å². The summed E-state index contributed by atoms with van der Waals surface area (Å²) in [7, 11) is -3.28. The van der Waals surface area contributed by atoms with Crippen molar-refractivity contribution in [2.24, 2.45) is 0 Å². The fourth-order valence-corrected chi connectivity index (χ4v) is 6.04. The van der Waals surface area contributed by atoms with Crippen LogP contribution in [0.25, 0.3) is 0 Å². The van der Waals surface area contributed by atoms with Gasteiger partial charge in [-0.1, -0.05) is 38.1 Å². The molecule has 11 nitrogen and oxygen atoms in total. The molecule has 0 spiro atoms. The van der Waals surface area contributed by atoms with E-state index in [9.17, 15) is 40.8 Å². The van der Waals surface area contributed by atoms with E-state index in [4.69, 9.17) is 0 Å². The molecule has 2 aromatic rings. The van der Waals surface area contributed by atoms with Crippen LogP contribution in [-0.2, 0) is 46.7 Å². The number of methoxy groups -OCH3 is 1. The average Bonchev–Trinajstić information content (AvgIpc) is 3.00. The van der Waals surface area contributed by atoms with Gasteiger partial charge in [0.25, 0.3) is 0 Å². The number of hydrogen-bond donors (Lipinski definition) is 2. The van der Waals surface area contributed by atoms with E-state index in [0.29, 0.717) is 18.1 Å². The van der Waals surface area contributed by atoms with Gasteiger partial charge in [0.15, 0.2) is 0 Å². The second-order valence-corrected chi connectivity index (χ2v) is 12.4. The number of sulfonamides is 1. The van der Waals surface area contributed by atoms with Crippen LogP contribution in [0, 0.1) is 0 Å². The minimum atomic E-state index is -4.67. The monoisotopic (exact) mass is 640 g/mol. The highest BCUT2D eigenvalue weighted by atomic mass is 32.2. The van der Waals surface area contributed by atoms with Gasteiger partial charge in [-0.3, -0.25) is 19.2 Å². The number of halogens is 3. The van der Waals surface area contributed by atoms with Gasteiger partial charge < -0.3 is 20.3 Å². The lowest BCUT2D eigenvalue weighted by atomic mass is 10.0. The first kappa shape index (κ1) is 34.5. The van der Waals surface area contributed by atoms with Crippen molar-refractivity contribution in [3.8, 4) is 0 Å². The Morgan fingerprint density at radius 2 is 1.59 bits per heavy atom. The smallest absolute Gasteiger partial charge is 0.416 e. The number of alkyl halides is 3. The van der Waals surface area contributed by atoms with E-state index in [1.807, 2.05) is 38.1 Å². The Kier molecular flexibility index (Phi) is 11.5. The Balaban J connectivity index is 1.78. The molecule has 2 N–H and O–H groups in total. The molecule has 1 fully saturated rings. The van der Waals surface area contributed by atoms with Crippen molar-refractivity contribution in [3.05, 3.63) is 65.2 Å². The number of amides is 3. The third kappa shape index (κ3) is 9.02. The molecule has 0 aliphatic carbocycles. The van der Waals surface area contributed by atoms with Gasteiger partial charge in [0.05, 0.1) is 30.5 Å². The van der Waals surface area contributed by atoms with Gasteiger partial charge in [-0.2, -0.15) is 17.5 Å². The second-order valence-electron chi connectivity index (χ2n) is 10.5. The molecule has 1 saturated heterocycles. The normalized spacial score (nSPS) is 16.0. The standard InChI is InChI=1S/C29H35F3N4O7S/c1-19(2)21-6-4-20(5-7-21)16-34-28(40)24-18-35(26(38)17-33-25(37)12-13-27(39)43-3)14-15-36(24)44(41,42)23-10-8-22(9-11-23)29(30,31)32/h4-11,19,24H,12-18H2,1-3H3,(H,33,37)(H,34,40)/t24-/m1/s1. The molecule has 15 heteroatoms. The molecule has 0 unspecified atom stereocenters. The lowest BCUT2D eigenvalue weighted by molar-refractivity contribution is -0.142. The topological polar surface area (TPSA) is 142 Å². The van der Waals surface area contributed by atoms with Crippen LogP contribution in [0.5, 0.6) is 0 Å². The SMILES string of the molecule is COC(=O)CCC(=O)NCC(=O)N1CCN(S(=O)(=O)c2ccc(C(F)(F)F)cc2)[C@@H](C(=O)NCc2ccc(C(C)C)cc2)C1. The van der Waals surface area contributed by atoms with Crippen molar-refractivity contribution in [2.75, 3.05) is 33.3 Å². The molecule has 0 aromatic heterocycles. The maximum absolute atomic E-state index is 13.5. The van der Waals surface area contributed by atoms with Gasteiger partial charge in [0.1, 0.15) is 6.04 Å². The second kappa shape index (κ2) is 14.7. The predicted octanol–water partition coefficient (Wildman–Crippen LogP) is 2.42. The van der Waals surface area contributed by atoms with Crippen molar-refractivity contribution in [1.82, 2.24) is 19.8 Å². The summed E-state index contributed by atoms with van der Waals surface area (Å²) in [6.07, 6.45) is -5.06. The van der Waals surface area contributed by atoms with E-state index < -0.39 is 62.9 Å². The first-order valence-electron chi connectivity index (χ1n) is 13.8. The molecule has 3 amide bonds. The highest BCUT2D eigenvalue weighted by Crippen LogP contribution is 2.31. The number of nitrogens with zero attached hydrogens (tertiary/aromatic N) is 2. The van der Waals surface area contributed by atoms with Crippen LogP contribution in [0.1, 0.15) is 49.3 Å². The number of esters is 1. The summed E-state index contributed by atoms with van der Waals surface area (Å²) in [6.45, 7) is 2.84. The fraction of sp³-hybridized carbons (Fsp3) is 0.448. The quantitative estimate of drug-likeness (QED) is 0.360. The summed E-state index contributed by atoms with van der Waals surface area (Å²) in [5, 5.41) is 5.08. The highest BCUT2D eigenvalue weighted by molar-refractivity contribution is 7.89. The molecule has 3 rings (SSSR count). The van der Waals surface area contributed by atoms with Crippen LogP contribution in [0.15, 0.2) is 53.4 Å². The number of ether oxygens (including phenoxy) is 1. The molecule has 0 radical (unpaired) electrons. The molecule has 1 aliphatic heterocycles. The number of nitrogens with one attached hydrogen (secondary N) is 2. The zero-order valence-corrected chi connectivity index (χ0v) is 25.3. The molecule has 44 heavy (non-hydrogen) atoms. The number of benzene rings is 2. The van der Waals surface area contributed by atoms with E-state index in [1.54, 1.807) is 0 Å². The lowest BCUT2D eigenvalue weighted by Gasteiger charge is -2.39. The number of rotatable bonds is 11. The number of hydrogen-bond acceptors (Lipinski definition) is 7. The molecule has 0 saturated carbocycles. The number of carbonyl (C=O) groups excluding carboxylic acids is 4. The van der Waals surface area contributed by atoms with Crippen LogP contribution in [0.2, 0.25) is 0 Å². The molecular weight excluding hydrogens is 605 g/mol. The summed E-state index contributed by atoms with van der Waals surface area (Å²) in [5.74, 6) is -2.18. The zero-order valence-electron chi connectivity index (χ0n) is 24.5. The van der Waals surface area contributed by atoms with Crippen LogP contribution < -0.4 is 10.6 Å². The van der Waals surface area contributed by atoms with Crippen LogP contribution in [-0.4, -0.2) is 80.6 Å². The Morgan fingerprint density at radius 3 is 2.16 bits per heavy atom. The van der Waals surface area contributed by atoms with Crippen molar-refractivity contribution >= 4 is 33.7 Å².